The molecule has 0 aliphatic heterocycles. The van der Waals surface area contributed by atoms with Crippen LogP contribution >= 0.6 is 22.9 Å². The zero-order chi connectivity index (χ0) is 18.0. The molecule has 0 saturated carbocycles. The third-order valence-electron chi connectivity index (χ3n) is 3.40. The zero-order valence-corrected chi connectivity index (χ0v) is 14.0. The van der Waals surface area contributed by atoms with Crippen LogP contribution in [0.25, 0.3) is 11.3 Å². The Morgan fingerprint density at radius 1 is 1.24 bits per heavy atom. The van der Waals surface area contributed by atoms with Crippen molar-refractivity contribution >= 4 is 28.7 Å². The van der Waals surface area contributed by atoms with E-state index in [1.54, 1.807) is 0 Å². The molecule has 0 fully saturated rings. The molecule has 2 aromatic heterocycles. The molecular weight excluding hydrogens is 368 g/mol. The number of hydrogen-bond donors (Lipinski definition) is 0. The van der Waals surface area contributed by atoms with Crippen molar-refractivity contribution in [2.75, 3.05) is 0 Å². The Bertz CT molecular complexity index is 979. The highest BCUT2D eigenvalue weighted by Crippen LogP contribution is 2.32. The number of pyridine rings is 1. The molecule has 0 spiro atoms. The minimum Gasteiger partial charge on any atom is -0.292 e. The van der Waals surface area contributed by atoms with Crippen LogP contribution in [0.2, 0.25) is 5.15 Å². The van der Waals surface area contributed by atoms with E-state index in [-0.39, 0.29) is 27.0 Å². The first-order valence-electron chi connectivity index (χ1n) is 6.97. The summed E-state index contributed by atoms with van der Waals surface area (Å²) in [6.45, 7) is 0. The number of rotatable bonds is 4. The lowest BCUT2D eigenvalue weighted by atomic mass is 10.0. The molecule has 25 heavy (non-hydrogen) atoms. The Balaban J connectivity index is 1.99. The van der Waals surface area contributed by atoms with Crippen LogP contribution in [0, 0.1) is 23.0 Å². The van der Waals surface area contributed by atoms with Gasteiger partial charge in [-0.15, -0.1) is 11.3 Å². The predicted octanol–water partition coefficient (Wildman–Crippen LogP) is 4.63. The van der Waals surface area contributed by atoms with Gasteiger partial charge in [0.2, 0.25) is 0 Å². The minimum atomic E-state index is -1.24. The lowest BCUT2D eigenvalue weighted by Gasteiger charge is -2.06. The first kappa shape index (κ1) is 17.1. The summed E-state index contributed by atoms with van der Waals surface area (Å²) >= 11 is 6.86. The fourth-order valence-corrected chi connectivity index (χ4v) is 3.29. The summed E-state index contributed by atoms with van der Waals surface area (Å²) < 4.78 is 27.7. The lowest BCUT2D eigenvalue weighted by molar-refractivity contribution is 0.0978. The number of benzene rings is 1. The number of nitriles is 1. The second-order valence-corrected chi connectivity index (χ2v) is 6.18. The molecule has 4 nitrogen and oxygen atoms in total. The van der Waals surface area contributed by atoms with Gasteiger partial charge in [-0.1, -0.05) is 17.7 Å². The van der Waals surface area contributed by atoms with E-state index in [0.717, 1.165) is 23.5 Å². The molecule has 1 aromatic carbocycles. The Morgan fingerprint density at radius 2 is 1.96 bits per heavy atom. The highest BCUT2D eigenvalue weighted by molar-refractivity contribution is 7.10. The van der Waals surface area contributed by atoms with E-state index in [0.29, 0.717) is 0 Å². The number of nitrogens with zero attached hydrogens (tertiary/aromatic N) is 3. The van der Waals surface area contributed by atoms with Gasteiger partial charge in [-0.25, -0.2) is 18.7 Å². The number of ketones is 1. The van der Waals surface area contributed by atoms with Crippen molar-refractivity contribution in [1.29, 1.82) is 5.26 Å². The molecule has 124 valence electrons. The van der Waals surface area contributed by atoms with Crippen molar-refractivity contribution in [3.05, 3.63) is 69.3 Å². The van der Waals surface area contributed by atoms with Crippen molar-refractivity contribution in [1.82, 2.24) is 9.97 Å². The number of halogens is 3. The summed E-state index contributed by atoms with van der Waals surface area (Å²) in [6.07, 6.45) is 1.42. The summed E-state index contributed by atoms with van der Waals surface area (Å²) in [5, 5.41) is 10.9. The summed E-state index contributed by atoms with van der Waals surface area (Å²) in [5.74, 6) is -3.36. The van der Waals surface area contributed by atoms with Gasteiger partial charge in [0.15, 0.2) is 11.7 Å². The first-order valence-corrected chi connectivity index (χ1v) is 8.23. The van der Waals surface area contributed by atoms with Gasteiger partial charge in [0.1, 0.15) is 21.8 Å². The van der Waals surface area contributed by atoms with Gasteiger partial charge in [0, 0.05) is 11.6 Å². The minimum absolute atomic E-state index is 0.0234. The number of carbonyl (C=O) groups is 1. The number of carbonyl (C=O) groups excluding carboxylic acids is 1. The summed E-state index contributed by atoms with van der Waals surface area (Å²) in [6, 6.07) is 8.30. The standard InChI is InChI=1S/C17H8ClF2N3OS/c18-16-9(3-2-6-22-16)15(24)10(7-21)17-23-13(8-25-17)14-11(19)4-1-5-12(14)20/h1-6,8,10H. The Kier molecular flexibility index (Phi) is 4.83. The largest absolute Gasteiger partial charge is 0.292 e. The van der Waals surface area contributed by atoms with E-state index in [4.69, 9.17) is 11.6 Å². The van der Waals surface area contributed by atoms with Crippen LogP contribution in [0.15, 0.2) is 41.9 Å². The topological polar surface area (TPSA) is 66.6 Å². The molecule has 0 radical (unpaired) electrons. The van der Waals surface area contributed by atoms with Crippen LogP contribution in [-0.2, 0) is 0 Å². The average Bonchev–Trinajstić information content (AvgIpc) is 3.05. The van der Waals surface area contributed by atoms with Crippen LogP contribution < -0.4 is 0 Å². The van der Waals surface area contributed by atoms with Gasteiger partial charge in [-0.3, -0.25) is 4.79 Å². The zero-order valence-electron chi connectivity index (χ0n) is 12.4. The van der Waals surface area contributed by atoms with Crippen molar-refractivity contribution < 1.29 is 13.6 Å². The maximum atomic E-state index is 13.9. The van der Waals surface area contributed by atoms with E-state index in [1.165, 1.54) is 29.8 Å². The van der Waals surface area contributed by atoms with Crippen molar-refractivity contribution in [2.24, 2.45) is 0 Å². The molecule has 1 unspecified atom stereocenters. The Hall–Kier alpha value is -2.69. The fourth-order valence-electron chi connectivity index (χ4n) is 2.23. The fraction of sp³-hybridized carbons (Fsp3) is 0.0588. The van der Waals surface area contributed by atoms with Crippen LogP contribution in [0.3, 0.4) is 0 Å². The van der Waals surface area contributed by atoms with Gasteiger partial charge in [-0.2, -0.15) is 5.26 Å². The molecule has 2 heterocycles. The molecule has 0 aliphatic rings. The van der Waals surface area contributed by atoms with Crippen LogP contribution in [0.5, 0.6) is 0 Å². The number of hydrogen-bond acceptors (Lipinski definition) is 5. The van der Waals surface area contributed by atoms with Crippen LogP contribution in [0.1, 0.15) is 21.3 Å². The monoisotopic (exact) mass is 375 g/mol. The molecule has 0 saturated heterocycles. The van der Waals surface area contributed by atoms with Gasteiger partial charge in [-0.05, 0) is 24.3 Å². The molecule has 1 atom stereocenters. The second-order valence-electron chi connectivity index (χ2n) is 4.94. The SMILES string of the molecule is N#CC(C(=O)c1cccnc1Cl)c1nc(-c2c(F)cccc2F)cs1. The summed E-state index contributed by atoms with van der Waals surface area (Å²) in [7, 11) is 0. The van der Waals surface area contributed by atoms with Gasteiger partial charge in [0.25, 0.3) is 0 Å². The molecule has 0 amide bonds. The Labute approximate surface area is 150 Å². The van der Waals surface area contributed by atoms with Gasteiger partial charge in [0.05, 0.1) is 22.9 Å². The van der Waals surface area contributed by atoms with Gasteiger partial charge >= 0.3 is 0 Å². The van der Waals surface area contributed by atoms with Crippen molar-refractivity contribution in [2.45, 2.75) is 5.92 Å². The van der Waals surface area contributed by atoms with E-state index < -0.39 is 23.3 Å². The average molecular weight is 376 g/mol. The molecule has 0 N–H and O–H groups in total. The molecule has 0 bridgehead atoms. The van der Waals surface area contributed by atoms with E-state index in [2.05, 4.69) is 9.97 Å². The van der Waals surface area contributed by atoms with E-state index in [9.17, 15) is 18.8 Å². The number of aromatic nitrogens is 2. The smallest absolute Gasteiger partial charge is 0.190 e. The summed E-state index contributed by atoms with van der Waals surface area (Å²) in [4.78, 5) is 20.4. The predicted molar refractivity (Wildman–Crippen MR) is 89.4 cm³/mol. The maximum absolute atomic E-state index is 13.9. The quantitative estimate of drug-likeness (QED) is 0.492. The van der Waals surface area contributed by atoms with Crippen molar-refractivity contribution in [3.63, 3.8) is 0 Å². The normalized spacial score (nSPS) is 11.8. The highest BCUT2D eigenvalue weighted by atomic mass is 35.5. The number of Topliss-reactive ketones (excluding diaryl/α,β-unsaturated/α-hetero) is 1. The highest BCUT2D eigenvalue weighted by Gasteiger charge is 2.27. The molecule has 0 aliphatic carbocycles. The third kappa shape index (κ3) is 3.27. The van der Waals surface area contributed by atoms with E-state index >= 15 is 0 Å². The van der Waals surface area contributed by atoms with E-state index in [1.807, 2.05) is 6.07 Å². The summed E-state index contributed by atoms with van der Waals surface area (Å²) in [5.41, 5.74) is -0.181. The van der Waals surface area contributed by atoms with Crippen LogP contribution in [-0.4, -0.2) is 15.8 Å². The van der Waals surface area contributed by atoms with Crippen molar-refractivity contribution in [3.8, 4) is 17.3 Å². The molecule has 3 rings (SSSR count). The third-order valence-corrected chi connectivity index (χ3v) is 4.61. The molecule has 8 heteroatoms. The lowest BCUT2D eigenvalue weighted by Crippen LogP contribution is -2.12. The molecular formula is C17H8ClF2N3OS. The first-order chi connectivity index (χ1) is 12.0. The second kappa shape index (κ2) is 7.05. The molecule has 3 aromatic rings. The number of thiazole rings is 1. The maximum Gasteiger partial charge on any atom is 0.190 e. The van der Waals surface area contributed by atoms with Gasteiger partial charge < -0.3 is 0 Å². The Morgan fingerprint density at radius 3 is 2.60 bits per heavy atom. The van der Waals surface area contributed by atoms with Crippen LogP contribution in [0.4, 0.5) is 8.78 Å².